The van der Waals surface area contributed by atoms with E-state index in [2.05, 4.69) is 57.0 Å². The van der Waals surface area contributed by atoms with Crippen molar-refractivity contribution in [2.75, 3.05) is 10.6 Å². The first kappa shape index (κ1) is 16.2. The lowest BCUT2D eigenvalue weighted by Gasteiger charge is -2.10. The van der Waals surface area contributed by atoms with E-state index in [0.29, 0.717) is 23.3 Å². The Morgan fingerprint density at radius 3 is 2.62 bits per heavy atom. The summed E-state index contributed by atoms with van der Waals surface area (Å²) in [6, 6.07) is 14.0. The molecule has 0 aliphatic heterocycles. The molecule has 6 heteroatoms. The highest BCUT2D eigenvalue weighted by Gasteiger charge is 2.05. The van der Waals surface area contributed by atoms with Gasteiger partial charge in [-0.25, -0.2) is 0 Å². The van der Waals surface area contributed by atoms with Crippen molar-refractivity contribution in [3.63, 3.8) is 0 Å². The quantitative estimate of drug-likeness (QED) is 0.716. The molecule has 2 aromatic carbocycles. The van der Waals surface area contributed by atoms with Crippen LogP contribution in [0, 0.1) is 13.8 Å². The van der Waals surface area contributed by atoms with Gasteiger partial charge in [-0.1, -0.05) is 47.5 Å². The van der Waals surface area contributed by atoms with Crippen molar-refractivity contribution in [1.82, 2.24) is 15.2 Å². The summed E-state index contributed by atoms with van der Waals surface area (Å²) in [5.74, 6) is 1.09. The van der Waals surface area contributed by atoms with Crippen LogP contribution < -0.4 is 10.6 Å². The van der Waals surface area contributed by atoms with Crippen molar-refractivity contribution >= 4 is 29.1 Å². The molecular weight excluding hydrogens is 322 g/mol. The molecule has 0 aliphatic carbocycles. The van der Waals surface area contributed by atoms with Crippen molar-refractivity contribution in [2.45, 2.75) is 20.4 Å². The smallest absolute Gasteiger partial charge is 0.244 e. The number of rotatable bonds is 5. The summed E-state index contributed by atoms with van der Waals surface area (Å²) < 4.78 is 0. The second kappa shape index (κ2) is 7.27. The Hall–Kier alpha value is -2.66. The van der Waals surface area contributed by atoms with Gasteiger partial charge in [0, 0.05) is 17.3 Å². The van der Waals surface area contributed by atoms with Gasteiger partial charge in [0.05, 0.1) is 6.20 Å². The lowest BCUT2D eigenvalue weighted by Crippen LogP contribution is -2.06. The number of nitrogens with zero attached hydrogens (tertiary/aromatic N) is 3. The van der Waals surface area contributed by atoms with E-state index >= 15 is 0 Å². The van der Waals surface area contributed by atoms with Gasteiger partial charge in [0.1, 0.15) is 0 Å². The molecule has 0 aliphatic rings. The van der Waals surface area contributed by atoms with Crippen LogP contribution in [-0.2, 0) is 6.54 Å². The molecule has 2 N–H and O–H groups in total. The fourth-order valence-corrected chi connectivity index (χ4v) is 2.38. The Balaban J connectivity index is 1.69. The first-order valence-electron chi connectivity index (χ1n) is 7.63. The number of aryl methyl sites for hydroxylation is 1. The molecule has 0 amide bonds. The predicted octanol–water partition coefficient (Wildman–Crippen LogP) is 4.50. The lowest BCUT2D eigenvalue weighted by atomic mass is 10.1. The van der Waals surface area contributed by atoms with Gasteiger partial charge in [0.25, 0.3) is 0 Å². The van der Waals surface area contributed by atoms with Gasteiger partial charge in [-0.3, -0.25) is 0 Å². The number of nitrogens with one attached hydrogen (secondary N) is 2. The Kier molecular flexibility index (Phi) is 4.91. The Morgan fingerprint density at radius 1 is 1.04 bits per heavy atom. The van der Waals surface area contributed by atoms with Crippen LogP contribution in [0.15, 0.2) is 48.7 Å². The fourth-order valence-electron chi connectivity index (χ4n) is 2.21. The highest BCUT2D eigenvalue weighted by atomic mass is 35.5. The van der Waals surface area contributed by atoms with E-state index in [1.54, 1.807) is 6.20 Å². The van der Waals surface area contributed by atoms with Crippen molar-refractivity contribution in [1.29, 1.82) is 0 Å². The molecule has 3 rings (SSSR count). The molecule has 0 unspecified atom stereocenters. The Labute approximate surface area is 146 Å². The molecule has 0 saturated carbocycles. The van der Waals surface area contributed by atoms with E-state index in [9.17, 15) is 0 Å². The van der Waals surface area contributed by atoms with Crippen molar-refractivity contribution in [3.05, 3.63) is 70.4 Å². The SMILES string of the molecule is Cc1ccc(CNc2nncc(Nc3cccc(Cl)c3C)n2)cc1. The lowest BCUT2D eigenvalue weighted by molar-refractivity contribution is 0.948. The summed E-state index contributed by atoms with van der Waals surface area (Å²) >= 11 is 6.14. The zero-order chi connectivity index (χ0) is 16.9. The number of halogens is 1. The maximum absolute atomic E-state index is 6.14. The third-order valence-corrected chi connectivity index (χ3v) is 4.07. The molecule has 0 fully saturated rings. The van der Waals surface area contributed by atoms with Crippen LogP contribution in [0.25, 0.3) is 0 Å². The number of hydrogen-bond donors (Lipinski definition) is 2. The summed E-state index contributed by atoms with van der Waals surface area (Å²) in [5, 5.41) is 15.1. The number of benzene rings is 2. The highest BCUT2D eigenvalue weighted by Crippen LogP contribution is 2.25. The second-order valence-corrected chi connectivity index (χ2v) is 5.95. The molecule has 24 heavy (non-hydrogen) atoms. The zero-order valence-electron chi connectivity index (χ0n) is 13.5. The highest BCUT2D eigenvalue weighted by molar-refractivity contribution is 6.31. The molecule has 0 radical (unpaired) electrons. The van der Waals surface area contributed by atoms with E-state index < -0.39 is 0 Å². The predicted molar refractivity (Wildman–Crippen MR) is 97.8 cm³/mol. The van der Waals surface area contributed by atoms with Crippen LogP contribution in [0.3, 0.4) is 0 Å². The average molecular weight is 340 g/mol. The Morgan fingerprint density at radius 2 is 1.83 bits per heavy atom. The summed E-state index contributed by atoms with van der Waals surface area (Å²) in [5.41, 5.74) is 4.26. The molecule has 3 aromatic rings. The first-order valence-corrected chi connectivity index (χ1v) is 8.01. The van der Waals surface area contributed by atoms with E-state index in [-0.39, 0.29) is 0 Å². The van der Waals surface area contributed by atoms with Crippen molar-refractivity contribution in [2.24, 2.45) is 0 Å². The van der Waals surface area contributed by atoms with E-state index in [1.807, 2.05) is 25.1 Å². The minimum atomic E-state index is 0.472. The molecule has 0 atom stereocenters. The van der Waals surface area contributed by atoms with Crippen molar-refractivity contribution in [3.8, 4) is 0 Å². The second-order valence-electron chi connectivity index (χ2n) is 5.54. The third kappa shape index (κ3) is 4.00. The molecule has 122 valence electrons. The minimum absolute atomic E-state index is 0.472. The summed E-state index contributed by atoms with van der Waals surface area (Å²) in [4.78, 5) is 4.43. The largest absolute Gasteiger partial charge is 0.349 e. The van der Waals surface area contributed by atoms with Gasteiger partial charge in [-0.2, -0.15) is 10.1 Å². The van der Waals surface area contributed by atoms with Gasteiger partial charge < -0.3 is 10.6 Å². The van der Waals surface area contributed by atoms with Crippen LogP contribution in [-0.4, -0.2) is 15.2 Å². The molecule has 1 aromatic heterocycles. The van der Waals surface area contributed by atoms with E-state index in [1.165, 1.54) is 5.56 Å². The van der Waals surface area contributed by atoms with Gasteiger partial charge in [-0.15, -0.1) is 5.10 Å². The van der Waals surface area contributed by atoms with Gasteiger partial charge in [0.15, 0.2) is 5.82 Å². The average Bonchev–Trinajstić information content (AvgIpc) is 2.59. The molecule has 0 saturated heterocycles. The number of anilines is 3. The monoisotopic (exact) mass is 339 g/mol. The maximum Gasteiger partial charge on any atom is 0.244 e. The minimum Gasteiger partial charge on any atom is -0.349 e. The van der Waals surface area contributed by atoms with Crippen LogP contribution in [0.2, 0.25) is 5.02 Å². The van der Waals surface area contributed by atoms with Crippen LogP contribution >= 0.6 is 11.6 Å². The number of aromatic nitrogens is 3. The molecule has 5 nitrogen and oxygen atoms in total. The summed E-state index contributed by atoms with van der Waals surface area (Å²) in [6.45, 7) is 4.66. The molecular formula is C18H18ClN5. The summed E-state index contributed by atoms with van der Waals surface area (Å²) in [6.07, 6.45) is 1.58. The van der Waals surface area contributed by atoms with E-state index in [0.717, 1.165) is 16.8 Å². The normalized spacial score (nSPS) is 10.5. The number of hydrogen-bond acceptors (Lipinski definition) is 5. The molecule has 1 heterocycles. The molecule has 0 spiro atoms. The topological polar surface area (TPSA) is 62.7 Å². The molecule has 0 bridgehead atoms. The van der Waals surface area contributed by atoms with E-state index in [4.69, 9.17) is 11.6 Å². The zero-order valence-corrected chi connectivity index (χ0v) is 14.3. The maximum atomic E-state index is 6.14. The third-order valence-electron chi connectivity index (χ3n) is 3.66. The standard InChI is InChI=1S/C18H18ClN5/c1-12-6-8-14(9-7-12)10-20-18-23-17(11-21-24-18)22-16-5-3-4-15(19)13(16)2/h3-9,11H,10H2,1-2H3,(H2,20,22,23,24). The van der Waals surface area contributed by atoms with Crippen molar-refractivity contribution < 1.29 is 0 Å². The van der Waals surface area contributed by atoms with Gasteiger partial charge >= 0.3 is 0 Å². The fraction of sp³-hybridized carbons (Fsp3) is 0.167. The van der Waals surface area contributed by atoms with Gasteiger partial charge in [0.2, 0.25) is 5.95 Å². The summed E-state index contributed by atoms with van der Waals surface area (Å²) in [7, 11) is 0. The first-order chi connectivity index (χ1) is 11.6. The van der Waals surface area contributed by atoms with Crippen LogP contribution in [0.4, 0.5) is 17.5 Å². The van der Waals surface area contributed by atoms with Crippen LogP contribution in [0.5, 0.6) is 0 Å². The Bertz CT molecular complexity index is 833. The van der Waals surface area contributed by atoms with Gasteiger partial charge in [-0.05, 0) is 37.1 Å². The van der Waals surface area contributed by atoms with Crippen LogP contribution in [0.1, 0.15) is 16.7 Å².